The number of aromatic nitrogens is 2. The molecule has 1 amide bonds. The predicted octanol–water partition coefficient (Wildman–Crippen LogP) is 2.56. The van der Waals surface area contributed by atoms with E-state index in [0.717, 1.165) is 11.3 Å². The van der Waals surface area contributed by atoms with Gasteiger partial charge in [-0.25, -0.2) is 0 Å². The summed E-state index contributed by atoms with van der Waals surface area (Å²) in [6, 6.07) is 10.4. The molecule has 0 aromatic carbocycles. The van der Waals surface area contributed by atoms with Crippen LogP contribution in [0.15, 0.2) is 64.3 Å². The number of nitrogens with zero attached hydrogens (tertiary/aromatic N) is 2. The Morgan fingerprint density at radius 1 is 1.33 bits per heavy atom. The fourth-order valence-electron chi connectivity index (χ4n) is 2.39. The van der Waals surface area contributed by atoms with E-state index in [9.17, 15) is 9.59 Å². The zero-order chi connectivity index (χ0) is 16.9. The molecule has 0 unspecified atom stereocenters. The number of carbonyl (C=O) groups is 1. The third-order valence-electron chi connectivity index (χ3n) is 3.74. The first kappa shape index (κ1) is 16.1. The van der Waals surface area contributed by atoms with Gasteiger partial charge in [0.15, 0.2) is 0 Å². The number of aryl methyl sites for hydroxylation is 1. The summed E-state index contributed by atoms with van der Waals surface area (Å²) in [5.74, 6) is -0.279. The zero-order valence-electron chi connectivity index (χ0n) is 13.2. The molecule has 0 aliphatic heterocycles. The van der Waals surface area contributed by atoms with Crippen LogP contribution in [0.4, 0.5) is 0 Å². The summed E-state index contributed by atoms with van der Waals surface area (Å²) >= 11 is 1.62. The molecule has 0 spiro atoms. The minimum Gasteiger partial charge on any atom is -0.343 e. The van der Waals surface area contributed by atoms with Gasteiger partial charge >= 0.3 is 0 Å². The Morgan fingerprint density at radius 3 is 2.88 bits per heavy atom. The number of amides is 1. The first-order valence-electron chi connectivity index (χ1n) is 7.53. The van der Waals surface area contributed by atoms with E-state index >= 15 is 0 Å². The molecule has 6 heteroatoms. The average Bonchev–Trinajstić information content (AvgIpc) is 3.10. The monoisotopic (exact) mass is 339 g/mol. The van der Waals surface area contributed by atoms with Gasteiger partial charge < -0.3 is 9.88 Å². The van der Waals surface area contributed by atoms with Gasteiger partial charge in [0, 0.05) is 31.1 Å². The predicted molar refractivity (Wildman–Crippen MR) is 94.2 cm³/mol. The quantitative estimate of drug-likeness (QED) is 0.777. The molecular formula is C18H17N3O2S. The van der Waals surface area contributed by atoms with E-state index in [1.165, 1.54) is 10.6 Å². The van der Waals surface area contributed by atoms with E-state index < -0.39 is 0 Å². The van der Waals surface area contributed by atoms with E-state index in [2.05, 4.69) is 15.7 Å². The third-order valence-corrected chi connectivity index (χ3v) is 4.47. The normalized spacial score (nSPS) is 11.9. The second kappa shape index (κ2) is 7.23. The van der Waals surface area contributed by atoms with Crippen LogP contribution in [0.2, 0.25) is 0 Å². The fourth-order valence-corrected chi connectivity index (χ4v) is 3.07. The molecule has 0 bridgehead atoms. The van der Waals surface area contributed by atoms with Crippen LogP contribution in [0, 0.1) is 0 Å². The molecular weight excluding hydrogens is 322 g/mol. The van der Waals surface area contributed by atoms with Crippen molar-refractivity contribution >= 4 is 17.2 Å². The highest BCUT2D eigenvalue weighted by Crippen LogP contribution is 2.19. The van der Waals surface area contributed by atoms with Crippen molar-refractivity contribution in [2.45, 2.75) is 12.5 Å². The van der Waals surface area contributed by atoms with Crippen molar-refractivity contribution in [1.82, 2.24) is 14.9 Å². The number of hydrogen-bond acceptors (Lipinski definition) is 4. The van der Waals surface area contributed by atoms with E-state index in [0.29, 0.717) is 12.0 Å². The highest BCUT2D eigenvalue weighted by Gasteiger charge is 2.18. The Balaban J connectivity index is 1.84. The number of rotatable bonds is 5. The highest BCUT2D eigenvalue weighted by molar-refractivity contribution is 7.07. The van der Waals surface area contributed by atoms with E-state index in [1.54, 1.807) is 36.8 Å². The van der Waals surface area contributed by atoms with Crippen LogP contribution in [-0.4, -0.2) is 15.5 Å². The van der Waals surface area contributed by atoms with Crippen LogP contribution >= 0.6 is 11.3 Å². The summed E-state index contributed by atoms with van der Waals surface area (Å²) in [4.78, 5) is 28.6. The van der Waals surface area contributed by atoms with Gasteiger partial charge in [0.05, 0.1) is 11.7 Å². The molecule has 1 atom stereocenters. The fraction of sp³-hybridized carbons (Fsp3) is 0.167. The number of pyridine rings is 2. The van der Waals surface area contributed by atoms with Crippen LogP contribution in [0.1, 0.15) is 27.7 Å². The van der Waals surface area contributed by atoms with Gasteiger partial charge in [0.1, 0.15) is 0 Å². The first-order valence-corrected chi connectivity index (χ1v) is 8.47. The lowest BCUT2D eigenvalue weighted by Gasteiger charge is -2.18. The summed E-state index contributed by atoms with van der Waals surface area (Å²) in [6.45, 7) is 0. The molecule has 122 valence electrons. The highest BCUT2D eigenvalue weighted by atomic mass is 32.1. The van der Waals surface area contributed by atoms with Gasteiger partial charge in [-0.1, -0.05) is 6.07 Å². The average molecular weight is 339 g/mol. The van der Waals surface area contributed by atoms with Crippen molar-refractivity contribution in [1.29, 1.82) is 0 Å². The van der Waals surface area contributed by atoms with Gasteiger partial charge in [-0.05, 0) is 47.0 Å². The topological polar surface area (TPSA) is 64.0 Å². The number of carbonyl (C=O) groups excluding carboxylic acids is 1. The van der Waals surface area contributed by atoms with Crippen molar-refractivity contribution in [2.24, 2.45) is 7.05 Å². The van der Waals surface area contributed by atoms with Crippen molar-refractivity contribution in [3.8, 4) is 0 Å². The van der Waals surface area contributed by atoms with Crippen LogP contribution < -0.4 is 10.9 Å². The molecule has 0 fully saturated rings. The molecule has 0 radical (unpaired) electrons. The maximum atomic E-state index is 12.5. The Morgan fingerprint density at radius 2 is 2.21 bits per heavy atom. The summed E-state index contributed by atoms with van der Waals surface area (Å²) in [7, 11) is 1.65. The minimum atomic E-state index is -0.279. The smallest absolute Gasteiger partial charge is 0.252 e. The zero-order valence-corrected chi connectivity index (χ0v) is 14.0. The summed E-state index contributed by atoms with van der Waals surface area (Å²) in [6.07, 6.45) is 3.95. The molecule has 3 aromatic heterocycles. The number of hydrogen-bond donors (Lipinski definition) is 1. The van der Waals surface area contributed by atoms with Crippen LogP contribution in [-0.2, 0) is 13.5 Å². The maximum Gasteiger partial charge on any atom is 0.252 e. The molecule has 3 rings (SSSR count). The van der Waals surface area contributed by atoms with Gasteiger partial charge in [0.2, 0.25) is 0 Å². The van der Waals surface area contributed by atoms with Crippen LogP contribution in [0.5, 0.6) is 0 Å². The van der Waals surface area contributed by atoms with Crippen molar-refractivity contribution in [3.63, 3.8) is 0 Å². The van der Waals surface area contributed by atoms with Crippen molar-refractivity contribution in [3.05, 3.63) is 86.7 Å². The first-order chi connectivity index (χ1) is 11.6. The third kappa shape index (κ3) is 3.78. The Labute approximate surface area is 143 Å². The molecule has 0 aliphatic carbocycles. The second-order valence-electron chi connectivity index (χ2n) is 5.48. The molecule has 5 nitrogen and oxygen atoms in total. The Kier molecular flexibility index (Phi) is 4.86. The van der Waals surface area contributed by atoms with Crippen LogP contribution in [0.25, 0.3) is 0 Å². The van der Waals surface area contributed by atoms with Gasteiger partial charge in [-0.15, -0.1) is 0 Å². The molecule has 0 saturated carbocycles. The lowest BCUT2D eigenvalue weighted by Crippen LogP contribution is -2.31. The standard InChI is InChI=1S/C18H17N3O2S/c1-21-8-5-14(11-17(21)22)18(23)20-16(10-13-6-9-24-12-13)15-4-2-3-7-19-15/h2-9,11-12,16H,10H2,1H3,(H,20,23)/t16-/m0/s1. The van der Waals surface area contributed by atoms with Gasteiger partial charge in [-0.2, -0.15) is 11.3 Å². The molecule has 0 saturated heterocycles. The Bertz CT molecular complexity index is 873. The van der Waals surface area contributed by atoms with Gasteiger partial charge in [0.25, 0.3) is 11.5 Å². The summed E-state index contributed by atoms with van der Waals surface area (Å²) < 4.78 is 1.43. The van der Waals surface area contributed by atoms with Gasteiger partial charge in [-0.3, -0.25) is 14.6 Å². The van der Waals surface area contributed by atoms with Crippen molar-refractivity contribution < 1.29 is 4.79 Å². The number of nitrogens with one attached hydrogen (secondary N) is 1. The largest absolute Gasteiger partial charge is 0.343 e. The van der Waals surface area contributed by atoms with E-state index in [4.69, 9.17) is 0 Å². The maximum absolute atomic E-state index is 12.5. The summed E-state index contributed by atoms with van der Waals surface area (Å²) in [5.41, 5.74) is 2.07. The van der Waals surface area contributed by atoms with E-state index in [-0.39, 0.29) is 17.5 Å². The SMILES string of the molecule is Cn1ccc(C(=O)N[C@@H](Cc2ccsc2)c2ccccn2)cc1=O. The lowest BCUT2D eigenvalue weighted by atomic mass is 10.0. The van der Waals surface area contributed by atoms with E-state index in [1.807, 2.05) is 29.6 Å². The molecule has 0 aliphatic rings. The second-order valence-corrected chi connectivity index (χ2v) is 6.26. The lowest BCUT2D eigenvalue weighted by molar-refractivity contribution is 0.0935. The number of thiophene rings is 1. The summed E-state index contributed by atoms with van der Waals surface area (Å²) in [5, 5.41) is 7.05. The minimum absolute atomic E-state index is 0.213. The molecule has 24 heavy (non-hydrogen) atoms. The molecule has 3 heterocycles. The van der Waals surface area contributed by atoms with Crippen LogP contribution in [0.3, 0.4) is 0 Å². The van der Waals surface area contributed by atoms with Crippen molar-refractivity contribution in [2.75, 3.05) is 0 Å². The molecule has 3 aromatic rings. The molecule has 1 N–H and O–H groups in total. The Hall–Kier alpha value is -2.73.